The molecule has 0 atom stereocenters. The summed E-state index contributed by atoms with van der Waals surface area (Å²) >= 11 is 5.10. The molecule has 0 aliphatic carbocycles. The van der Waals surface area contributed by atoms with Gasteiger partial charge in [-0.25, -0.2) is 0 Å². The molecule has 0 aromatic heterocycles. The molecule has 0 aliphatic heterocycles. The van der Waals surface area contributed by atoms with E-state index in [9.17, 15) is 0 Å². The van der Waals surface area contributed by atoms with E-state index in [0.29, 0.717) is 6.07 Å². The van der Waals surface area contributed by atoms with Crippen molar-refractivity contribution in [2.45, 2.75) is 0 Å². The molecule has 0 radical (unpaired) electrons. The largest absolute Gasteiger partial charge is 0.370 e. The number of ether oxygens (including phenoxy) is 1. The van der Waals surface area contributed by atoms with Crippen LogP contribution in [0.15, 0.2) is 0 Å². The minimum atomic E-state index is 0.351. The third kappa shape index (κ3) is 4.47. The van der Waals surface area contributed by atoms with Crippen molar-refractivity contribution in [3.05, 3.63) is 0 Å². The van der Waals surface area contributed by atoms with Crippen LogP contribution in [0.5, 0.6) is 0 Å². The lowest BCUT2D eigenvalue weighted by Crippen LogP contribution is -1.87. The standard InChI is InChI=1S/C2H7ClOSi/c3-1-4-2-5/h1-2H2,5H3. The fraction of sp³-hybridized carbons (Fsp3) is 1.00. The number of hydrogen-bond donors (Lipinski definition) is 0. The van der Waals surface area contributed by atoms with Gasteiger partial charge in [0.15, 0.2) is 0 Å². The molecule has 0 bridgehead atoms. The lowest BCUT2D eigenvalue weighted by Gasteiger charge is -1.84. The Kier molecular flexibility index (Phi) is 4.88. The summed E-state index contributed by atoms with van der Waals surface area (Å²) < 4.78 is 4.66. The zero-order valence-electron chi connectivity index (χ0n) is 3.20. The van der Waals surface area contributed by atoms with Gasteiger partial charge in [0.25, 0.3) is 0 Å². The van der Waals surface area contributed by atoms with Crippen molar-refractivity contribution in [3.8, 4) is 0 Å². The van der Waals surface area contributed by atoms with Crippen molar-refractivity contribution in [2.24, 2.45) is 0 Å². The van der Waals surface area contributed by atoms with E-state index in [1.807, 2.05) is 0 Å². The van der Waals surface area contributed by atoms with Gasteiger partial charge >= 0.3 is 0 Å². The van der Waals surface area contributed by atoms with E-state index < -0.39 is 0 Å². The predicted octanol–water partition coefficient (Wildman–Crippen LogP) is -0.478. The molecule has 0 aromatic rings. The fourth-order valence-electron chi connectivity index (χ4n) is 0.0772. The van der Waals surface area contributed by atoms with Gasteiger partial charge in [-0.3, -0.25) is 0 Å². The van der Waals surface area contributed by atoms with Gasteiger partial charge in [0.2, 0.25) is 0 Å². The molecule has 0 amide bonds. The molecule has 0 rings (SSSR count). The molecule has 0 aliphatic rings. The Morgan fingerprint density at radius 3 is 2.40 bits per heavy atom. The van der Waals surface area contributed by atoms with Crippen LogP contribution in [0, 0.1) is 0 Å². The average Bonchev–Trinajstić information content (AvgIpc) is 1.41. The van der Waals surface area contributed by atoms with Crippen LogP contribution in [0.2, 0.25) is 0 Å². The summed E-state index contributed by atoms with van der Waals surface area (Å²) in [5.74, 6) is 0. The molecule has 0 N–H and O–H groups in total. The van der Waals surface area contributed by atoms with Crippen molar-refractivity contribution >= 4 is 21.8 Å². The second-order valence-electron chi connectivity index (χ2n) is 0.602. The first-order valence-electron chi connectivity index (χ1n) is 1.55. The maximum absolute atomic E-state index is 5.10. The van der Waals surface area contributed by atoms with E-state index >= 15 is 0 Å². The predicted molar refractivity (Wildman–Crippen MR) is 26.6 cm³/mol. The van der Waals surface area contributed by atoms with Crippen LogP contribution >= 0.6 is 11.6 Å². The second kappa shape index (κ2) is 4.47. The highest BCUT2D eigenvalue weighted by molar-refractivity contribution is 6.17. The molecule has 1 nitrogen and oxygen atoms in total. The second-order valence-corrected chi connectivity index (χ2v) is 1.40. The molecule has 0 saturated heterocycles. The van der Waals surface area contributed by atoms with Crippen LogP contribution in [0.3, 0.4) is 0 Å². The first kappa shape index (κ1) is 5.47. The first-order valence-corrected chi connectivity index (χ1v) is 3.50. The lowest BCUT2D eigenvalue weighted by atomic mass is 11.5. The third-order valence-electron chi connectivity index (χ3n) is 0.281. The number of alkyl halides is 1. The minimum Gasteiger partial charge on any atom is -0.370 e. The molecule has 0 unspecified atom stereocenters. The van der Waals surface area contributed by atoms with E-state index in [4.69, 9.17) is 11.6 Å². The smallest absolute Gasteiger partial charge is 0.120 e. The minimum absolute atomic E-state index is 0.351. The quantitative estimate of drug-likeness (QED) is 0.345. The molecular weight excluding hydrogens is 104 g/mol. The Hall–Kier alpha value is 0.467. The highest BCUT2D eigenvalue weighted by Crippen LogP contribution is 1.71. The van der Waals surface area contributed by atoms with Crippen molar-refractivity contribution in [1.82, 2.24) is 0 Å². The van der Waals surface area contributed by atoms with Crippen molar-refractivity contribution < 1.29 is 4.74 Å². The zero-order chi connectivity index (χ0) is 4.12. The monoisotopic (exact) mass is 110 g/mol. The van der Waals surface area contributed by atoms with Gasteiger partial charge in [-0.05, 0) is 0 Å². The molecule has 0 heterocycles. The third-order valence-corrected chi connectivity index (χ3v) is 0.844. The molecule has 32 valence electrons. The summed E-state index contributed by atoms with van der Waals surface area (Å²) in [4.78, 5) is 0. The van der Waals surface area contributed by atoms with Gasteiger partial charge in [-0.2, -0.15) is 0 Å². The zero-order valence-corrected chi connectivity index (χ0v) is 5.96. The van der Waals surface area contributed by atoms with Gasteiger partial charge in [-0.1, -0.05) is 11.6 Å². The fourth-order valence-corrected chi connectivity index (χ4v) is 0.694. The van der Waals surface area contributed by atoms with Crippen LogP contribution in [0.4, 0.5) is 0 Å². The van der Waals surface area contributed by atoms with Gasteiger partial charge in [0.05, 0.1) is 0 Å². The van der Waals surface area contributed by atoms with Gasteiger partial charge in [-0.15, -0.1) is 0 Å². The van der Waals surface area contributed by atoms with Crippen LogP contribution in [0.1, 0.15) is 0 Å². The van der Waals surface area contributed by atoms with Crippen molar-refractivity contribution in [2.75, 3.05) is 12.3 Å². The Balaban J connectivity index is 2.19. The van der Waals surface area contributed by atoms with E-state index in [2.05, 4.69) is 4.74 Å². The summed E-state index contributed by atoms with van der Waals surface area (Å²) in [6.45, 7) is 0. The van der Waals surface area contributed by atoms with Crippen LogP contribution in [0.25, 0.3) is 0 Å². The summed E-state index contributed by atoms with van der Waals surface area (Å²) in [6, 6.07) is 0.351. The van der Waals surface area contributed by atoms with Gasteiger partial charge in [0.1, 0.15) is 6.07 Å². The number of halogens is 1. The van der Waals surface area contributed by atoms with E-state index in [-0.39, 0.29) is 0 Å². The SMILES string of the molecule is [SiH3]COCCl. The summed E-state index contributed by atoms with van der Waals surface area (Å²) in [6.07, 6.45) is 0.851. The van der Waals surface area contributed by atoms with Crippen LogP contribution in [-0.2, 0) is 4.74 Å². The molecule has 0 spiro atoms. The first-order chi connectivity index (χ1) is 2.41. The Bertz CT molecular complexity index is 17.1. The maximum atomic E-state index is 5.10. The summed E-state index contributed by atoms with van der Waals surface area (Å²) in [5, 5.41) is 0. The van der Waals surface area contributed by atoms with E-state index in [1.54, 1.807) is 0 Å². The number of hydrogen-bond acceptors (Lipinski definition) is 1. The molecule has 3 heteroatoms. The van der Waals surface area contributed by atoms with E-state index in [0.717, 1.165) is 16.5 Å². The van der Waals surface area contributed by atoms with Gasteiger partial charge < -0.3 is 4.74 Å². The Morgan fingerprint density at radius 2 is 2.40 bits per heavy atom. The molecule has 5 heavy (non-hydrogen) atoms. The Morgan fingerprint density at radius 1 is 1.80 bits per heavy atom. The van der Waals surface area contributed by atoms with E-state index in [1.165, 1.54) is 0 Å². The molecule has 0 saturated carbocycles. The van der Waals surface area contributed by atoms with Crippen molar-refractivity contribution in [3.63, 3.8) is 0 Å². The van der Waals surface area contributed by atoms with Crippen molar-refractivity contribution in [1.29, 1.82) is 0 Å². The van der Waals surface area contributed by atoms with Gasteiger partial charge in [0, 0.05) is 16.5 Å². The highest BCUT2D eigenvalue weighted by Gasteiger charge is 1.66. The topological polar surface area (TPSA) is 9.23 Å². The highest BCUT2D eigenvalue weighted by atomic mass is 35.5. The van der Waals surface area contributed by atoms with Crippen LogP contribution < -0.4 is 0 Å². The summed E-state index contributed by atoms with van der Waals surface area (Å²) in [7, 11) is 1.09. The molecule has 0 fully saturated rings. The normalized spacial score (nSPS) is 9.00. The summed E-state index contributed by atoms with van der Waals surface area (Å²) in [5.41, 5.74) is 0. The number of rotatable bonds is 2. The Labute approximate surface area is 39.7 Å². The average molecular weight is 111 g/mol. The lowest BCUT2D eigenvalue weighted by molar-refractivity contribution is 0.232. The maximum Gasteiger partial charge on any atom is 0.120 e. The molecular formula is C2H7ClOSi. The van der Waals surface area contributed by atoms with Crippen LogP contribution in [-0.4, -0.2) is 22.5 Å². The molecule has 0 aromatic carbocycles.